The van der Waals surface area contributed by atoms with E-state index in [-0.39, 0.29) is 24.0 Å². The normalized spacial score (nSPS) is 12.6. The SMILES string of the molecule is CCOCCCCNC(=NC)NCC(C)N(C)Cc1ccccc1.I. The molecule has 0 saturated carbocycles. The average Bonchev–Trinajstić information content (AvgIpc) is 2.61. The maximum atomic E-state index is 5.34. The average molecular weight is 462 g/mol. The molecule has 0 fully saturated rings. The van der Waals surface area contributed by atoms with Crippen LogP contribution in [0.15, 0.2) is 35.3 Å². The van der Waals surface area contributed by atoms with Gasteiger partial charge in [-0.15, -0.1) is 24.0 Å². The number of benzene rings is 1. The number of ether oxygens (including phenoxy) is 1. The minimum Gasteiger partial charge on any atom is -0.382 e. The number of halogens is 1. The van der Waals surface area contributed by atoms with Gasteiger partial charge in [-0.3, -0.25) is 9.89 Å². The highest BCUT2D eigenvalue weighted by Crippen LogP contribution is 2.05. The molecule has 0 bridgehead atoms. The number of nitrogens with one attached hydrogen (secondary N) is 2. The summed E-state index contributed by atoms with van der Waals surface area (Å²) < 4.78 is 5.34. The molecule has 0 spiro atoms. The van der Waals surface area contributed by atoms with Crippen molar-refractivity contribution >= 4 is 29.9 Å². The molecule has 0 aliphatic rings. The van der Waals surface area contributed by atoms with E-state index in [0.29, 0.717) is 6.04 Å². The summed E-state index contributed by atoms with van der Waals surface area (Å²) in [6, 6.07) is 11.0. The molecule has 1 atom stereocenters. The van der Waals surface area contributed by atoms with Crippen molar-refractivity contribution < 1.29 is 4.74 Å². The predicted molar refractivity (Wildman–Crippen MR) is 118 cm³/mol. The molecule has 5 nitrogen and oxygen atoms in total. The van der Waals surface area contributed by atoms with E-state index in [1.807, 2.05) is 14.0 Å². The van der Waals surface area contributed by atoms with E-state index in [0.717, 1.165) is 51.6 Å². The summed E-state index contributed by atoms with van der Waals surface area (Å²) in [5.74, 6) is 0.867. The summed E-state index contributed by atoms with van der Waals surface area (Å²) >= 11 is 0. The van der Waals surface area contributed by atoms with Gasteiger partial charge in [-0.05, 0) is 39.3 Å². The van der Waals surface area contributed by atoms with Crippen molar-refractivity contribution in [3.63, 3.8) is 0 Å². The maximum absolute atomic E-state index is 5.34. The summed E-state index contributed by atoms with van der Waals surface area (Å²) in [7, 11) is 3.97. The van der Waals surface area contributed by atoms with Gasteiger partial charge < -0.3 is 15.4 Å². The number of hydrogen-bond acceptors (Lipinski definition) is 3. The molecule has 2 N–H and O–H groups in total. The van der Waals surface area contributed by atoms with Crippen LogP contribution < -0.4 is 10.6 Å². The third-order valence-electron chi connectivity index (χ3n) is 4.03. The third kappa shape index (κ3) is 11.4. The first-order valence-corrected chi connectivity index (χ1v) is 8.93. The summed E-state index contributed by atoms with van der Waals surface area (Å²) in [5.41, 5.74) is 1.34. The lowest BCUT2D eigenvalue weighted by Crippen LogP contribution is -2.44. The zero-order valence-electron chi connectivity index (χ0n) is 16.1. The first-order valence-electron chi connectivity index (χ1n) is 8.93. The molecular formula is C19H35IN4O. The van der Waals surface area contributed by atoms with Gasteiger partial charge in [0.1, 0.15) is 0 Å². The van der Waals surface area contributed by atoms with Crippen molar-refractivity contribution in [2.24, 2.45) is 4.99 Å². The highest BCUT2D eigenvalue weighted by atomic mass is 127. The monoisotopic (exact) mass is 462 g/mol. The molecule has 1 unspecified atom stereocenters. The van der Waals surface area contributed by atoms with Crippen LogP contribution in [0.1, 0.15) is 32.3 Å². The van der Waals surface area contributed by atoms with Gasteiger partial charge in [0, 0.05) is 45.9 Å². The molecule has 1 aromatic carbocycles. The molecule has 1 rings (SSSR count). The van der Waals surface area contributed by atoms with Crippen LogP contribution >= 0.6 is 24.0 Å². The van der Waals surface area contributed by atoms with Crippen LogP contribution in [0.25, 0.3) is 0 Å². The third-order valence-corrected chi connectivity index (χ3v) is 4.03. The molecular weight excluding hydrogens is 427 g/mol. The van der Waals surface area contributed by atoms with E-state index in [4.69, 9.17) is 4.74 Å². The lowest BCUT2D eigenvalue weighted by Gasteiger charge is -2.25. The Morgan fingerprint density at radius 3 is 2.56 bits per heavy atom. The summed E-state index contributed by atoms with van der Waals surface area (Å²) in [6.07, 6.45) is 2.16. The number of nitrogens with zero attached hydrogens (tertiary/aromatic N) is 2. The van der Waals surface area contributed by atoms with E-state index in [1.54, 1.807) is 0 Å². The van der Waals surface area contributed by atoms with Crippen molar-refractivity contribution in [1.82, 2.24) is 15.5 Å². The van der Waals surface area contributed by atoms with Crippen LogP contribution in [0.4, 0.5) is 0 Å². The Hall–Kier alpha value is -0.860. The topological polar surface area (TPSA) is 48.9 Å². The minimum absolute atomic E-state index is 0. The Labute approximate surface area is 170 Å². The molecule has 0 saturated heterocycles. The second-order valence-corrected chi connectivity index (χ2v) is 6.03. The summed E-state index contributed by atoms with van der Waals surface area (Å²) in [4.78, 5) is 6.63. The van der Waals surface area contributed by atoms with Crippen molar-refractivity contribution in [1.29, 1.82) is 0 Å². The molecule has 25 heavy (non-hydrogen) atoms. The molecule has 0 heterocycles. The molecule has 0 aromatic heterocycles. The molecule has 144 valence electrons. The number of unbranched alkanes of at least 4 members (excludes halogenated alkanes) is 1. The lowest BCUT2D eigenvalue weighted by molar-refractivity contribution is 0.143. The standard InChI is InChI=1S/C19H34N4O.HI/c1-5-24-14-10-9-13-21-19(20-3)22-15-17(2)23(4)16-18-11-7-6-8-12-18;/h6-8,11-12,17H,5,9-10,13-16H2,1-4H3,(H2,20,21,22);1H. The summed E-state index contributed by atoms with van der Waals surface area (Å²) in [6.45, 7) is 8.62. The highest BCUT2D eigenvalue weighted by molar-refractivity contribution is 14.0. The number of guanidine groups is 1. The van der Waals surface area contributed by atoms with Gasteiger partial charge in [0.25, 0.3) is 0 Å². The van der Waals surface area contributed by atoms with Crippen LogP contribution in [-0.2, 0) is 11.3 Å². The fourth-order valence-electron chi connectivity index (χ4n) is 2.33. The number of aliphatic imine (C=N–C) groups is 1. The lowest BCUT2D eigenvalue weighted by atomic mass is 10.2. The number of hydrogen-bond donors (Lipinski definition) is 2. The molecule has 1 aromatic rings. The first kappa shape index (κ1) is 24.1. The van der Waals surface area contributed by atoms with Crippen LogP contribution in [0.3, 0.4) is 0 Å². The van der Waals surface area contributed by atoms with Gasteiger partial charge in [-0.25, -0.2) is 0 Å². The quantitative estimate of drug-likeness (QED) is 0.230. The van der Waals surface area contributed by atoms with E-state index >= 15 is 0 Å². The predicted octanol–water partition coefficient (Wildman–Crippen LogP) is 3.11. The zero-order valence-corrected chi connectivity index (χ0v) is 18.5. The Morgan fingerprint density at radius 1 is 1.20 bits per heavy atom. The van der Waals surface area contributed by atoms with Crippen molar-refractivity contribution in [3.05, 3.63) is 35.9 Å². The van der Waals surface area contributed by atoms with E-state index in [1.165, 1.54) is 5.56 Å². The molecule has 0 aliphatic heterocycles. The van der Waals surface area contributed by atoms with Crippen molar-refractivity contribution in [3.8, 4) is 0 Å². The molecule has 6 heteroatoms. The van der Waals surface area contributed by atoms with Crippen LogP contribution in [0, 0.1) is 0 Å². The second kappa shape index (κ2) is 15.4. The first-order chi connectivity index (χ1) is 11.7. The minimum atomic E-state index is 0. The number of likely N-dealkylation sites (N-methyl/N-ethyl adjacent to an activating group) is 1. The van der Waals surface area contributed by atoms with Gasteiger partial charge in [0.05, 0.1) is 0 Å². The van der Waals surface area contributed by atoms with Gasteiger partial charge >= 0.3 is 0 Å². The van der Waals surface area contributed by atoms with Crippen LogP contribution in [-0.4, -0.2) is 57.3 Å². The van der Waals surface area contributed by atoms with E-state index in [2.05, 4.69) is 64.8 Å². The Bertz CT molecular complexity index is 456. The highest BCUT2D eigenvalue weighted by Gasteiger charge is 2.10. The molecule has 0 aliphatic carbocycles. The Kier molecular flexibility index (Phi) is 14.9. The fourth-order valence-corrected chi connectivity index (χ4v) is 2.33. The second-order valence-electron chi connectivity index (χ2n) is 6.03. The fraction of sp³-hybridized carbons (Fsp3) is 0.632. The van der Waals surface area contributed by atoms with E-state index < -0.39 is 0 Å². The zero-order chi connectivity index (χ0) is 17.6. The Morgan fingerprint density at radius 2 is 1.92 bits per heavy atom. The van der Waals surface area contributed by atoms with Gasteiger partial charge in [0.2, 0.25) is 0 Å². The molecule has 0 amide bonds. The Balaban J connectivity index is 0.00000576. The molecule has 0 radical (unpaired) electrons. The van der Waals surface area contributed by atoms with Crippen LogP contribution in [0.2, 0.25) is 0 Å². The van der Waals surface area contributed by atoms with E-state index in [9.17, 15) is 0 Å². The van der Waals surface area contributed by atoms with Gasteiger partial charge in [-0.2, -0.15) is 0 Å². The smallest absolute Gasteiger partial charge is 0.191 e. The van der Waals surface area contributed by atoms with Crippen molar-refractivity contribution in [2.75, 3.05) is 40.4 Å². The summed E-state index contributed by atoms with van der Waals surface area (Å²) in [5, 5.41) is 6.76. The van der Waals surface area contributed by atoms with Crippen LogP contribution in [0.5, 0.6) is 0 Å². The van der Waals surface area contributed by atoms with Gasteiger partial charge in [-0.1, -0.05) is 30.3 Å². The largest absolute Gasteiger partial charge is 0.382 e. The maximum Gasteiger partial charge on any atom is 0.191 e. The van der Waals surface area contributed by atoms with Gasteiger partial charge in [0.15, 0.2) is 5.96 Å². The van der Waals surface area contributed by atoms with Crippen molar-refractivity contribution in [2.45, 2.75) is 39.3 Å². The number of rotatable bonds is 11.